The van der Waals surface area contributed by atoms with Gasteiger partial charge >= 0.3 is 0 Å². The van der Waals surface area contributed by atoms with E-state index in [0.29, 0.717) is 16.9 Å². The van der Waals surface area contributed by atoms with Crippen LogP contribution in [0.1, 0.15) is 13.2 Å². The van der Waals surface area contributed by atoms with Gasteiger partial charge in [-0.2, -0.15) is 4.98 Å². The number of aliphatic hydroxyl groups is 3. The molecule has 10 heteroatoms. The van der Waals surface area contributed by atoms with Gasteiger partial charge in [0.25, 0.3) is 0 Å². The van der Waals surface area contributed by atoms with Gasteiger partial charge in [0.15, 0.2) is 11.9 Å². The van der Waals surface area contributed by atoms with Crippen molar-refractivity contribution in [2.45, 2.75) is 31.0 Å². The summed E-state index contributed by atoms with van der Waals surface area (Å²) in [6.45, 7) is 1.02. The first-order valence-corrected chi connectivity index (χ1v) is 9.93. The van der Waals surface area contributed by atoms with E-state index in [1.807, 2.05) is 29.6 Å². The van der Waals surface area contributed by atoms with Crippen molar-refractivity contribution >= 4 is 38.5 Å². The predicted molar refractivity (Wildman–Crippen MR) is 108 cm³/mol. The van der Waals surface area contributed by atoms with E-state index in [-0.39, 0.29) is 5.95 Å². The average molecular weight is 413 g/mol. The molecule has 1 saturated heterocycles. The Morgan fingerprint density at radius 1 is 1.31 bits per heavy atom. The Hall–Kier alpha value is -2.63. The van der Waals surface area contributed by atoms with Crippen LogP contribution in [0.25, 0.3) is 32.5 Å². The Bertz CT molecular complexity index is 1220. The SMILES string of the molecule is C[C@@]1(O)C(O)C(CO)OC1n1cnc2c(-c3csc4ccccc34)nc(N)nc21. The second-order valence-electron chi connectivity index (χ2n) is 7.28. The van der Waals surface area contributed by atoms with Crippen LogP contribution >= 0.6 is 11.3 Å². The van der Waals surface area contributed by atoms with Crippen molar-refractivity contribution in [2.75, 3.05) is 12.3 Å². The van der Waals surface area contributed by atoms with Gasteiger partial charge in [-0.25, -0.2) is 9.97 Å². The van der Waals surface area contributed by atoms with E-state index < -0.39 is 30.6 Å². The number of benzene rings is 1. The summed E-state index contributed by atoms with van der Waals surface area (Å²) in [5.74, 6) is 0.0569. The summed E-state index contributed by atoms with van der Waals surface area (Å²) in [6.07, 6.45) is -1.72. The monoisotopic (exact) mass is 413 g/mol. The fourth-order valence-corrected chi connectivity index (χ4v) is 4.79. The summed E-state index contributed by atoms with van der Waals surface area (Å²) < 4.78 is 8.34. The zero-order valence-electron chi connectivity index (χ0n) is 15.4. The van der Waals surface area contributed by atoms with Crippen LogP contribution in [0.2, 0.25) is 0 Å². The molecule has 0 amide bonds. The van der Waals surface area contributed by atoms with Gasteiger partial charge in [0.05, 0.1) is 12.9 Å². The van der Waals surface area contributed by atoms with Crippen LogP contribution in [-0.4, -0.2) is 59.3 Å². The number of nitrogens with zero attached hydrogens (tertiary/aromatic N) is 4. The molecule has 0 aliphatic carbocycles. The number of nitrogens with two attached hydrogens (primary N) is 1. The minimum absolute atomic E-state index is 0.0569. The van der Waals surface area contributed by atoms with Gasteiger partial charge in [-0.15, -0.1) is 11.3 Å². The average Bonchev–Trinajstić information content (AvgIpc) is 3.37. The summed E-state index contributed by atoms with van der Waals surface area (Å²) in [4.78, 5) is 13.2. The van der Waals surface area contributed by atoms with Crippen LogP contribution in [0.5, 0.6) is 0 Å². The van der Waals surface area contributed by atoms with Crippen LogP contribution < -0.4 is 5.73 Å². The first-order chi connectivity index (χ1) is 13.9. The maximum atomic E-state index is 10.8. The van der Waals surface area contributed by atoms with Gasteiger partial charge in [0.1, 0.15) is 29.0 Å². The number of anilines is 1. The van der Waals surface area contributed by atoms with Gasteiger partial charge < -0.3 is 25.8 Å². The minimum Gasteiger partial charge on any atom is -0.394 e. The summed E-state index contributed by atoms with van der Waals surface area (Å²) >= 11 is 1.60. The largest absolute Gasteiger partial charge is 0.394 e. The molecule has 1 fully saturated rings. The number of thiophene rings is 1. The molecule has 5 N–H and O–H groups in total. The molecule has 5 rings (SSSR count). The number of nitrogen functional groups attached to an aromatic ring is 1. The quantitative estimate of drug-likeness (QED) is 0.394. The van der Waals surface area contributed by atoms with Gasteiger partial charge in [-0.05, 0) is 13.0 Å². The molecule has 4 heterocycles. The zero-order valence-corrected chi connectivity index (χ0v) is 16.2. The molecule has 1 aromatic carbocycles. The van der Waals surface area contributed by atoms with Crippen molar-refractivity contribution in [3.05, 3.63) is 36.0 Å². The van der Waals surface area contributed by atoms with Crippen LogP contribution in [-0.2, 0) is 4.74 Å². The fourth-order valence-electron chi connectivity index (χ4n) is 3.84. The van der Waals surface area contributed by atoms with Gasteiger partial charge in [0, 0.05) is 21.0 Å². The first kappa shape index (κ1) is 18.4. The van der Waals surface area contributed by atoms with E-state index in [9.17, 15) is 15.3 Å². The lowest BCUT2D eigenvalue weighted by molar-refractivity contribution is -0.0950. The van der Waals surface area contributed by atoms with E-state index in [1.165, 1.54) is 17.8 Å². The minimum atomic E-state index is -1.66. The Morgan fingerprint density at radius 2 is 2.10 bits per heavy atom. The number of hydrogen-bond donors (Lipinski definition) is 4. The van der Waals surface area contributed by atoms with Crippen molar-refractivity contribution in [2.24, 2.45) is 0 Å². The van der Waals surface area contributed by atoms with E-state index in [0.717, 1.165) is 15.6 Å². The highest BCUT2D eigenvalue weighted by atomic mass is 32.1. The summed E-state index contributed by atoms with van der Waals surface area (Å²) in [5, 5.41) is 33.6. The second-order valence-corrected chi connectivity index (χ2v) is 8.19. The third-order valence-electron chi connectivity index (χ3n) is 5.36. The molecule has 0 bridgehead atoms. The van der Waals surface area contributed by atoms with Crippen LogP contribution in [0.15, 0.2) is 36.0 Å². The van der Waals surface area contributed by atoms with Gasteiger partial charge in [0.2, 0.25) is 5.95 Å². The Labute approximate surface area is 169 Å². The lowest BCUT2D eigenvalue weighted by Crippen LogP contribution is -2.44. The Morgan fingerprint density at radius 3 is 2.86 bits per heavy atom. The van der Waals surface area contributed by atoms with Crippen molar-refractivity contribution in [1.29, 1.82) is 0 Å². The molecule has 4 atom stereocenters. The highest BCUT2D eigenvalue weighted by Crippen LogP contribution is 2.41. The molecule has 0 radical (unpaired) electrons. The number of aliphatic hydroxyl groups excluding tert-OH is 2. The van der Waals surface area contributed by atoms with E-state index in [1.54, 1.807) is 11.3 Å². The summed E-state index contributed by atoms with van der Waals surface area (Å²) in [5.41, 5.74) is 6.69. The Balaban J connectivity index is 1.70. The van der Waals surface area contributed by atoms with Crippen LogP contribution in [0.3, 0.4) is 0 Å². The molecular weight excluding hydrogens is 394 g/mol. The number of aromatic nitrogens is 4. The standard InChI is InChI=1S/C19H19N5O4S/c1-19(27)15(26)11(6-25)28-17(19)24-8-21-14-13(22-18(20)23-16(14)24)10-7-29-12-5-3-2-4-9(10)12/h2-5,7-8,11,15,17,25-27H,6H2,1H3,(H2,20,22,23)/t11?,15?,17?,19-/m1/s1. The molecule has 3 aromatic heterocycles. The molecule has 4 aromatic rings. The molecular formula is C19H19N5O4S. The lowest BCUT2D eigenvalue weighted by atomic mass is 9.96. The smallest absolute Gasteiger partial charge is 0.222 e. The van der Waals surface area contributed by atoms with Crippen molar-refractivity contribution in [3.8, 4) is 11.3 Å². The van der Waals surface area contributed by atoms with E-state index in [4.69, 9.17) is 10.5 Å². The van der Waals surface area contributed by atoms with Gasteiger partial charge in [-0.3, -0.25) is 4.57 Å². The molecule has 9 nitrogen and oxygen atoms in total. The molecule has 0 saturated carbocycles. The third kappa shape index (κ3) is 2.65. The Kier molecular flexibility index (Phi) is 4.09. The molecule has 150 valence electrons. The molecule has 29 heavy (non-hydrogen) atoms. The maximum absolute atomic E-state index is 10.8. The highest BCUT2D eigenvalue weighted by molar-refractivity contribution is 7.17. The number of fused-ring (bicyclic) bond motifs is 2. The van der Waals surface area contributed by atoms with E-state index >= 15 is 0 Å². The first-order valence-electron chi connectivity index (χ1n) is 9.05. The molecule has 1 aliphatic heterocycles. The molecule has 1 aliphatic rings. The predicted octanol–water partition coefficient (Wildman–Crippen LogP) is 1.29. The third-order valence-corrected chi connectivity index (χ3v) is 6.33. The van der Waals surface area contributed by atoms with Crippen molar-refractivity contribution < 1.29 is 20.1 Å². The normalized spacial score (nSPS) is 27.2. The summed E-state index contributed by atoms with van der Waals surface area (Å²) in [7, 11) is 0. The number of imidazole rings is 1. The van der Waals surface area contributed by atoms with Crippen molar-refractivity contribution in [1.82, 2.24) is 19.5 Å². The fraction of sp³-hybridized carbons (Fsp3) is 0.316. The number of hydrogen-bond acceptors (Lipinski definition) is 9. The zero-order chi connectivity index (χ0) is 20.3. The number of rotatable bonds is 3. The van der Waals surface area contributed by atoms with Crippen molar-refractivity contribution in [3.63, 3.8) is 0 Å². The summed E-state index contributed by atoms with van der Waals surface area (Å²) in [6, 6.07) is 7.97. The lowest BCUT2D eigenvalue weighted by Gasteiger charge is -2.27. The van der Waals surface area contributed by atoms with E-state index in [2.05, 4.69) is 15.0 Å². The second kappa shape index (κ2) is 6.44. The van der Waals surface area contributed by atoms with Crippen LogP contribution in [0, 0.1) is 0 Å². The number of ether oxygens (including phenoxy) is 1. The maximum Gasteiger partial charge on any atom is 0.222 e. The topological polar surface area (TPSA) is 140 Å². The van der Waals surface area contributed by atoms with Crippen LogP contribution in [0.4, 0.5) is 5.95 Å². The molecule has 0 spiro atoms. The highest BCUT2D eigenvalue weighted by Gasteiger charge is 2.53. The van der Waals surface area contributed by atoms with Gasteiger partial charge in [-0.1, -0.05) is 18.2 Å². The molecule has 3 unspecified atom stereocenters.